The van der Waals surface area contributed by atoms with Crippen molar-refractivity contribution in [1.82, 2.24) is 4.90 Å². The molecule has 6 rings (SSSR count). The first kappa shape index (κ1) is 32.7. The fourth-order valence-corrected chi connectivity index (χ4v) is 6.28. The predicted molar refractivity (Wildman–Crippen MR) is 182 cm³/mol. The highest BCUT2D eigenvalue weighted by molar-refractivity contribution is 5.64. The van der Waals surface area contributed by atoms with Crippen LogP contribution in [0.25, 0.3) is 11.1 Å². The Morgan fingerprint density at radius 3 is 1.53 bits per heavy atom. The van der Waals surface area contributed by atoms with E-state index < -0.39 is 11.6 Å². The van der Waals surface area contributed by atoms with Gasteiger partial charge >= 0.3 is 0 Å². The minimum absolute atomic E-state index is 0.0860. The molecule has 0 bridgehead atoms. The van der Waals surface area contributed by atoms with Crippen LogP contribution < -0.4 is 0 Å². The van der Waals surface area contributed by atoms with Gasteiger partial charge in [0.1, 0.15) is 23.8 Å². The quantitative estimate of drug-likeness (QED) is 0.130. The molecular weight excluding hydrogens is 592 g/mol. The second-order valence-electron chi connectivity index (χ2n) is 12.1. The van der Waals surface area contributed by atoms with Crippen LogP contribution in [0.3, 0.4) is 0 Å². The predicted octanol–water partition coefficient (Wildman–Crippen LogP) is 8.63. The maximum absolute atomic E-state index is 15.4. The molecule has 1 aliphatic rings. The van der Waals surface area contributed by atoms with E-state index in [9.17, 15) is 0 Å². The molecule has 6 heteroatoms. The molecule has 242 valence electrons. The Morgan fingerprint density at radius 2 is 1.02 bits per heavy atom. The highest BCUT2D eigenvalue weighted by atomic mass is 19.1. The van der Waals surface area contributed by atoms with Crippen LogP contribution in [-0.2, 0) is 40.5 Å². The number of likely N-dealkylation sites (tertiary alicyclic amines) is 1. The van der Waals surface area contributed by atoms with Crippen molar-refractivity contribution in [2.45, 2.75) is 57.5 Å². The van der Waals surface area contributed by atoms with Gasteiger partial charge in [-0.1, -0.05) is 121 Å². The second-order valence-corrected chi connectivity index (χ2v) is 12.1. The monoisotopic (exact) mass is 633 g/mol. The lowest BCUT2D eigenvalue weighted by molar-refractivity contribution is -0.200. The molecule has 1 saturated heterocycles. The normalized spacial score (nSPS) is 19.9. The van der Waals surface area contributed by atoms with Gasteiger partial charge in [0.05, 0.1) is 25.9 Å². The van der Waals surface area contributed by atoms with Crippen molar-refractivity contribution in [1.29, 1.82) is 0 Å². The molecule has 1 fully saturated rings. The van der Waals surface area contributed by atoms with Gasteiger partial charge in [0.15, 0.2) is 0 Å². The summed E-state index contributed by atoms with van der Waals surface area (Å²) in [6, 6.07) is 42.3. The van der Waals surface area contributed by atoms with E-state index in [2.05, 4.69) is 11.8 Å². The van der Waals surface area contributed by atoms with E-state index in [0.29, 0.717) is 38.5 Å². The first-order valence-electron chi connectivity index (χ1n) is 16.3. The Morgan fingerprint density at radius 1 is 0.574 bits per heavy atom. The summed E-state index contributed by atoms with van der Waals surface area (Å²) in [5, 5.41) is 0. The Kier molecular flexibility index (Phi) is 11.2. The third kappa shape index (κ3) is 8.59. The van der Waals surface area contributed by atoms with E-state index in [1.807, 2.05) is 121 Å². The zero-order chi connectivity index (χ0) is 32.4. The van der Waals surface area contributed by atoms with Gasteiger partial charge in [-0.2, -0.15) is 0 Å². The van der Waals surface area contributed by atoms with Gasteiger partial charge in [-0.25, -0.2) is 8.78 Å². The van der Waals surface area contributed by atoms with Crippen molar-refractivity contribution in [3.05, 3.63) is 167 Å². The van der Waals surface area contributed by atoms with Gasteiger partial charge in [0.25, 0.3) is 0 Å². The third-order valence-corrected chi connectivity index (χ3v) is 8.93. The number of ether oxygens (including phenoxy) is 3. The molecule has 0 aromatic heterocycles. The summed E-state index contributed by atoms with van der Waals surface area (Å²) in [5.74, 6) is -1.07. The molecule has 0 radical (unpaired) electrons. The van der Waals surface area contributed by atoms with Crippen LogP contribution in [0.15, 0.2) is 133 Å². The van der Waals surface area contributed by atoms with Crippen molar-refractivity contribution in [3.8, 4) is 11.1 Å². The molecule has 5 aromatic carbocycles. The summed E-state index contributed by atoms with van der Waals surface area (Å²) in [7, 11) is 0. The van der Waals surface area contributed by atoms with Gasteiger partial charge in [-0.05, 0) is 53.3 Å². The largest absolute Gasteiger partial charge is 0.369 e. The average Bonchev–Trinajstić information content (AvgIpc) is 3.11. The van der Waals surface area contributed by atoms with Gasteiger partial charge < -0.3 is 14.2 Å². The average molecular weight is 634 g/mol. The standard InChI is InChI=1S/C41H41F2NO3/c1-30-40(46-28-32-16-8-3-9-17-32)41(47-29-33-18-10-4-11-19-33)39(45-27-31-14-6-2-7-15-31)26-44(30)23-22-36-37(42)24-35(25-38(36)43)34-20-12-5-13-21-34/h2-21,24-25,30,39-41H,22-23,26-29H2,1H3/t30-,39+,40-,41-/m1/s1. The Labute approximate surface area is 276 Å². The van der Waals surface area contributed by atoms with Crippen LogP contribution in [-0.4, -0.2) is 42.3 Å². The summed E-state index contributed by atoms with van der Waals surface area (Å²) in [4.78, 5) is 2.22. The topological polar surface area (TPSA) is 30.9 Å². The Hall–Kier alpha value is -4.20. The fourth-order valence-electron chi connectivity index (χ4n) is 6.28. The summed E-state index contributed by atoms with van der Waals surface area (Å²) < 4.78 is 50.7. The number of hydrogen-bond donors (Lipinski definition) is 0. The van der Waals surface area contributed by atoms with E-state index >= 15 is 8.78 Å². The first-order chi connectivity index (χ1) is 23.0. The van der Waals surface area contributed by atoms with Crippen molar-refractivity contribution < 1.29 is 23.0 Å². The first-order valence-corrected chi connectivity index (χ1v) is 16.3. The molecule has 0 amide bonds. The molecule has 0 saturated carbocycles. The molecule has 0 aliphatic carbocycles. The van der Waals surface area contributed by atoms with Crippen LogP contribution in [0.2, 0.25) is 0 Å². The van der Waals surface area contributed by atoms with Gasteiger partial charge in [-0.15, -0.1) is 0 Å². The van der Waals surface area contributed by atoms with Gasteiger partial charge in [0, 0.05) is 24.7 Å². The molecule has 1 aliphatic heterocycles. The van der Waals surface area contributed by atoms with E-state index in [-0.39, 0.29) is 36.3 Å². The van der Waals surface area contributed by atoms with E-state index in [1.54, 1.807) is 0 Å². The van der Waals surface area contributed by atoms with Crippen molar-refractivity contribution in [2.24, 2.45) is 0 Å². The van der Waals surface area contributed by atoms with Crippen molar-refractivity contribution in [3.63, 3.8) is 0 Å². The molecule has 47 heavy (non-hydrogen) atoms. The molecule has 0 N–H and O–H groups in total. The molecule has 0 spiro atoms. The number of piperidine rings is 1. The lowest BCUT2D eigenvalue weighted by atomic mass is 9.93. The summed E-state index contributed by atoms with van der Waals surface area (Å²) in [5.41, 5.74) is 4.57. The third-order valence-electron chi connectivity index (χ3n) is 8.93. The molecule has 5 aromatic rings. The van der Waals surface area contributed by atoms with Crippen LogP contribution in [0.1, 0.15) is 29.2 Å². The highest BCUT2D eigenvalue weighted by Crippen LogP contribution is 2.30. The smallest absolute Gasteiger partial charge is 0.129 e. The van der Waals surface area contributed by atoms with Crippen LogP contribution >= 0.6 is 0 Å². The number of halogens is 2. The second kappa shape index (κ2) is 16.1. The van der Waals surface area contributed by atoms with Gasteiger partial charge in [0.2, 0.25) is 0 Å². The van der Waals surface area contributed by atoms with Crippen molar-refractivity contribution in [2.75, 3.05) is 13.1 Å². The molecule has 4 atom stereocenters. The van der Waals surface area contributed by atoms with Crippen LogP contribution in [0.5, 0.6) is 0 Å². The SMILES string of the molecule is C[C@@H]1[C@@H](OCc2ccccc2)[C@H](OCc2ccccc2)[C@@H](OCc2ccccc2)CN1CCc1c(F)cc(-c2ccccc2)cc1F. The van der Waals surface area contributed by atoms with Crippen LogP contribution in [0.4, 0.5) is 8.78 Å². The molecular formula is C41H41F2NO3. The minimum atomic E-state index is -0.536. The number of nitrogens with zero attached hydrogens (tertiary/aromatic N) is 1. The highest BCUT2D eigenvalue weighted by Gasteiger charge is 2.44. The lowest BCUT2D eigenvalue weighted by Gasteiger charge is -2.47. The van der Waals surface area contributed by atoms with Crippen LogP contribution in [0, 0.1) is 11.6 Å². The Balaban J connectivity index is 1.24. The summed E-state index contributed by atoms with van der Waals surface area (Å²) in [6.45, 7) is 4.30. The zero-order valence-electron chi connectivity index (χ0n) is 26.7. The Bertz CT molecular complexity index is 1650. The summed E-state index contributed by atoms with van der Waals surface area (Å²) in [6.07, 6.45) is -0.856. The molecule has 4 nitrogen and oxygen atoms in total. The molecule has 1 heterocycles. The number of benzene rings is 5. The van der Waals surface area contributed by atoms with E-state index in [4.69, 9.17) is 14.2 Å². The fraction of sp³-hybridized carbons (Fsp3) is 0.268. The minimum Gasteiger partial charge on any atom is -0.369 e. The van der Waals surface area contributed by atoms with Crippen molar-refractivity contribution >= 4 is 0 Å². The van der Waals surface area contributed by atoms with Gasteiger partial charge in [-0.3, -0.25) is 4.90 Å². The summed E-state index contributed by atoms with van der Waals surface area (Å²) >= 11 is 0. The zero-order valence-corrected chi connectivity index (χ0v) is 26.7. The maximum atomic E-state index is 15.4. The van der Waals surface area contributed by atoms with E-state index in [1.165, 1.54) is 12.1 Å². The number of rotatable bonds is 13. The maximum Gasteiger partial charge on any atom is 0.129 e. The van der Waals surface area contributed by atoms with E-state index in [0.717, 1.165) is 22.3 Å². The molecule has 0 unspecified atom stereocenters. The lowest BCUT2D eigenvalue weighted by Crippen LogP contribution is -2.62. The number of hydrogen-bond acceptors (Lipinski definition) is 4.